The van der Waals surface area contributed by atoms with Gasteiger partial charge in [0, 0.05) is 25.3 Å². The number of likely N-dealkylation sites (tertiary alicyclic amines) is 1. The highest BCUT2D eigenvalue weighted by Gasteiger charge is 2.22. The largest absolute Gasteiger partial charge is 0.489 e. The van der Waals surface area contributed by atoms with Crippen LogP contribution in [0.3, 0.4) is 0 Å². The molecular formula is C16H23NO2. The van der Waals surface area contributed by atoms with Gasteiger partial charge in [0.1, 0.15) is 12.4 Å². The van der Waals surface area contributed by atoms with E-state index in [4.69, 9.17) is 4.74 Å². The van der Waals surface area contributed by atoms with Crippen molar-refractivity contribution >= 4 is 0 Å². The number of benzene rings is 1. The summed E-state index contributed by atoms with van der Waals surface area (Å²) < 4.78 is 5.79. The van der Waals surface area contributed by atoms with Gasteiger partial charge < -0.3 is 9.84 Å². The number of aliphatic hydroxyl groups excluding tert-OH is 1. The van der Waals surface area contributed by atoms with E-state index in [1.165, 1.54) is 5.56 Å². The van der Waals surface area contributed by atoms with Crippen molar-refractivity contribution in [2.45, 2.75) is 19.9 Å². The lowest BCUT2D eigenvalue weighted by Crippen LogP contribution is -2.21. The van der Waals surface area contributed by atoms with Gasteiger partial charge in [0.15, 0.2) is 0 Å². The molecule has 3 nitrogen and oxygen atoms in total. The average molecular weight is 261 g/mol. The molecule has 1 aliphatic rings. The van der Waals surface area contributed by atoms with Gasteiger partial charge in [-0.3, -0.25) is 4.90 Å². The van der Waals surface area contributed by atoms with Crippen LogP contribution in [0.15, 0.2) is 36.4 Å². The normalized spacial score (nSPS) is 19.6. The van der Waals surface area contributed by atoms with E-state index < -0.39 is 0 Å². The fourth-order valence-corrected chi connectivity index (χ4v) is 2.42. The van der Waals surface area contributed by atoms with E-state index in [9.17, 15) is 5.11 Å². The fourth-order valence-electron chi connectivity index (χ4n) is 2.42. The maximum Gasteiger partial charge on any atom is 0.124 e. The first-order chi connectivity index (χ1) is 9.19. The van der Waals surface area contributed by atoms with Gasteiger partial charge >= 0.3 is 0 Å². The van der Waals surface area contributed by atoms with Crippen LogP contribution in [0.1, 0.15) is 18.9 Å². The third kappa shape index (κ3) is 4.08. The van der Waals surface area contributed by atoms with Gasteiger partial charge in [-0.2, -0.15) is 0 Å². The van der Waals surface area contributed by atoms with Crippen LogP contribution in [-0.4, -0.2) is 36.3 Å². The van der Waals surface area contributed by atoms with E-state index in [0.29, 0.717) is 19.1 Å². The third-order valence-electron chi connectivity index (χ3n) is 3.47. The summed E-state index contributed by atoms with van der Waals surface area (Å²) in [5, 5.41) is 9.19. The van der Waals surface area contributed by atoms with Crippen LogP contribution in [0.2, 0.25) is 0 Å². The predicted octanol–water partition coefficient (Wildman–Crippen LogP) is 2.46. The zero-order valence-corrected chi connectivity index (χ0v) is 11.6. The number of rotatable bonds is 6. The Hall–Kier alpha value is -1.32. The summed E-state index contributed by atoms with van der Waals surface area (Å²) in [6, 6.07) is 8.16. The Morgan fingerprint density at radius 2 is 2.26 bits per heavy atom. The molecule has 1 aliphatic heterocycles. The maximum absolute atomic E-state index is 9.19. The molecule has 2 rings (SSSR count). The molecule has 0 amide bonds. The molecule has 1 heterocycles. The van der Waals surface area contributed by atoms with E-state index in [2.05, 4.69) is 17.5 Å². The number of aliphatic hydroxyl groups is 1. The quantitative estimate of drug-likeness (QED) is 0.798. The van der Waals surface area contributed by atoms with Crippen LogP contribution in [0.4, 0.5) is 0 Å². The van der Waals surface area contributed by atoms with Gasteiger partial charge in [-0.1, -0.05) is 24.8 Å². The van der Waals surface area contributed by atoms with E-state index in [1.807, 2.05) is 25.1 Å². The molecule has 1 saturated heterocycles. The average Bonchev–Trinajstić information content (AvgIpc) is 2.85. The molecule has 0 bridgehead atoms. The van der Waals surface area contributed by atoms with Crippen molar-refractivity contribution in [3.8, 4) is 5.75 Å². The van der Waals surface area contributed by atoms with Crippen LogP contribution in [0, 0.1) is 5.92 Å². The molecule has 1 N–H and O–H groups in total. The van der Waals surface area contributed by atoms with Gasteiger partial charge in [0.05, 0.1) is 0 Å². The Balaban J connectivity index is 1.97. The molecule has 0 aromatic heterocycles. The molecule has 1 aromatic rings. The number of para-hydroxylation sites is 1. The highest BCUT2D eigenvalue weighted by atomic mass is 16.5. The molecular weight excluding hydrogens is 238 g/mol. The lowest BCUT2D eigenvalue weighted by atomic mass is 10.1. The van der Waals surface area contributed by atoms with Crippen molar-refractivity contribution in [2.24, 2.45) is 5.92 Å². The maximum atomic E-state index is 9.19. The van der Waals surface area contributed by atoms with E-state index in [-0.39, 0.29) is 0 Å². The third-order valence-corrected chi connectivity index (χ3v) is 3.47. The second-order valence-corrected chi connectivity index (χ2v) is 5.43. The minimum Gasteiger partial charge on any atom is -0.489 e. The lowest BCUT2D eigenvalue weighted by molar-refractivity contribution is 0.219. The molecule has 0 aliphatic carbocycles. The zero-order valence-electron chi connectivity index (χ0n) is 11.6. The van der Waals surface area contributed by atoms with Crippen LogP contribution < -0.4 is 4.74 Å². The van der Waals surface area contributed by atoms with Crippen molar-refractivity contribution in [1.29, 1.82) is 0 Å². The zero-order chi connectivity index (χ0) is 13.7. The first-order valence-electron chi connectivity index (χ1n) is 6.87. The van der Waals surface area contributed by atoms with Gasteiger partial charge in [0.25, 0.3) is 0 Å². The molecule has 0 saturated carbocycles. The molecule has 0 spiro atoms. The first kappa shape index (κ1) is 14.1. The number of ether oxygens (including phenoxy) is 1. The molecule has 19 heavy (non-hydrogen) atoms. The SMILES string of the molecule is C=C(C)COc1ccccc1CN1CC[C@@H](CO)C1. The van der Waals surface area contributed by atoms with Crippen molar-refractivity contribution in [2.75, 3.05) is 26.3 Å². The number of hydrogen-bond donors (Lipinski definition) is 1. The van der Waals surface area contributed by atoms with Gasteiger partial charge in [-0.25, -0.2) is 0 Å². The minimum atomic E-state index is 0.296. The van der Waals surface area contributed by atoms with Gasteiger partial charge in [-0.05, 0) is 37.4 Å². The van der Waals surface area contributed by atoms with Crippen LogP contribution in [-0.2, 0) is 6.54 Å². The van der Waals surface area contributed by atoms with Crippen LogP contribution >= 0.6 is 0 Å². The summed E-state index contributed by atoms with van der Waals surface area (Å²) in [6.07, 6.45) is 1.09. The van der Waals surface area contributed by atoms with E-state index >= 15 is 0 Å². The summed E-state index contributed by atoms with van der Waals surface area (Å²) in [7, 11) is 0. The molecule has 1 atom stereocenters. The number of nitrogens with zero attached hydrogens (tertiary/aromatic N) is 1. The van der Waals surface area contributed by atoms with Crippen LogP contribution in [0.25, 0.3) is 0 Å². The highest BCUT2D eigenvalue weighted by molar-refractivity contribution is 5.33. The highest BCUT2D eigenvalue weighted by Crippen LogP contribution is 2.24. The Morgan fingerprint density at radius 1 is 1.47 bits per heavy atom. The fraction of sp³-hybridized carbons (Fsp3) is 0.500. The molecule has 104 valence electrons. The minimum absolute atomic E-state index is 0.296. The summed E-state index contributed by atoms with van der Waals surface area (Å²) in [5.74, 6) is 1.38. The van der Waals surface area contributed by atoms with Crippen LogP contribution in [0.5, 0.6) is 5.75 Å². The Bertz CT molecular complexity index is 431. The second kappa shape index (κ2) is 6.73. The monoisotopic (exact) mass is 261 g/mol. The smallest absolute Gasteiger partial charge is 0.124 e. The number of hydrogen-bond acceptors (Lipinski definition) is 3. The second-order valence-electron chi connectivity index (χ2n) is 5.43. The predicted molar refractivity (Wildman–Crippen MR) is 77.2 cm³/mol. The molecule has 1 aromatic carbocycles. The Morgan fingerprint density at radius 3 is 2.95 bits per heavy atom. The van der Waals surface area contributed by atoms with Gasteiger partial charge in [-0.15, -0.1) is 0 Å². The van der Waals surface area contributed by atoms with Crippen molar-refractivity contribution in [3.63, 3.8) is 0 Å². The standard InChI is InChI=1S/C16H23NO2/c1-13(2)12-19-16-6-4-3-5-15(16)10-17-8-7-14(9-17)11-18/h3-6,14,18H,1,7-12H2,2H3/t14-/m1/s1. The Labute approximate surface area is 115 Å². The summed E-state index contributed by atoms with van der Waals surface area (Å²) in [6.45, 7) is 9.61. The molecule has 0 radical (unpaired) electrons. The Kier molecular flexibility index (Phi) is 5.00. The molecule has 1 fully saturated rings. The molecule has 3 heteroatoms. The molecule has 0 unspecified atom stereocenters. The van der Waals surface area contributed by atoms with E-state index in [0.717, 1.165) is 37.4 Å². The summed E-state index contributed by atoms with van der Waals surface area (Å²) >= 11 is 0. The van der Waals surface area contributed by atoms with Crippen molar-refractivity contribution in [3.05, 3.63) is 42.0 Å². The van der Waals surface area contributed by atoms with Crippen molar-refractivity contribution in [1.82, 2.24) is 4.90 Å². The van der Waals surface area contributed by atoms with Gasteiger partial charge in [0.2, 0.25) is 0 Å². The lowest BCUT2D eigenvalue weighted by Gasteiger charge is -2.18. The summed E-state index contributed by atoms with van der Waals surface area (Å²) in [4.78, 5) is 2.38. The van der Waals surface area contributed by atoms with E-state index in [1.54, 1.807) is 0 Å². The topological polar surface area (TPSA) is 32.7 Å². The first-order valence-corrected chi connectivity index (χ1v) is 6.87. The summed E-state index contributed by atoms with van der Waals surface area (Å²) in [5.41, 5.74) is 2.23. The van der Waals surface area contributed by atoms with Crippen molar-refractivity contribution < 1.29 is 9.84 Å².